The predicted octanol–water partition coefficient (Wildman–Crippen LogP) is 7.32. The molecule has 0 spiro atoms. The highest BCUT2D eigenvalue weighted by Gasteiger charge is 2.26. The minimum absolute atomic E-state index is 0.237. The van der Waals surface area contributed by atoms with Gasteiger partial charge in [0, 0.05) is 59.4 Å². The van der Waals surface area contributed by atoms with Gasteiger partial charge in [0.05, 0.1) is 4.88 Å². The van der Waals surface area contributed by atoms with Gasteiger partial charge < -0.3 is 20.5 Å². The minimum Gasteiger partial charge on any atom is -0.368 e. The first kappa shape index (κ1) is 25.5. The molecule has 1 unspecified atom stereocenters. The van der Waals surface area contributed by atoms with Gasteiger partial charge in [0.25, 0.3) is 5.91 Å². The Morgan fingerprint density at radius 1 is 0.923 bits per heavy atom. The number of primary amides is 1. The van der Waals surface area contributed by atoms with Crippen molar-refractivity contribution in [3.8, 4) is 0 Å². The molecule has 3 heterocycles. The molecule has 1 amide bonds. The number of H-pyrrole nitrogens is 1. The van der Waals surface area contributed by atoms with Crippen LogP contribution in [-0.2, 0) is 6.42 Å². The van der Waals surface area contributed by atoms with Gasteiger partial charge in [-0.05, 0) is 65.6 Å². The van der Waals surface area contributed by atoms with E-state index < -0.39 is 0 Å². The zero-order valence-corrected chi connectivity index (χ0v) is 23.3. The van der Waals surface area contributed by atoms with Crippen LogP contribution in [0.3, 0.4) is 0 Å². The molecule has 200 valence electrons. The fraction of sp³-hybridized carbons (Fsp3) is 0.303. The molecule has 39 heavy (non-hydrogen) atoms. The van der Waals surface area contributed by atoms with E-state index >= 15 is 0 Å². The Morgan fingerprint density at radius 2 is 1.64 bits per heavy atom. The van der Waals surface area contributed by atoms with E-state index in [9.17, 15) is 4.79 Å². The van der Waals surface area contributed by atoms with Gasteiger partial charge in [-0.15, -0.1) is 11.3 Å². The van der Waals surface area contributed by atoms with Crippen LogP contribution in [-0.4, -0.2) is 37.1 Å². The summed E-state index contributed by atoms with van der Waals surface area (Å²) in [7, 11) is 0. The second-order valence-corrected chi connectivity index (χ2v) is 11.7. The molecular weight excluding hydrogens is 500 g/mol. The van der Waals surface area contributed by atoms with Crippen LogP contribution in [0.15, 0.2) is 79.0 Å². The molecule has 1 aliphatic rings. The van der Waals surface area contributed by atoms with Crippen LogP contribution in [0.1, 0.15) is 52.9 Å². The van der Waals surface area contributed by atoms with Crippen molar-refractivity contribution < 1.29 is 4.79 Å². The third kappa shape index (κ3) is 5.13. The van der Waals surface area contributed by atoms with Gasteiger partial charge in [0.2, 0.25) is 0 Å². The lowest BCUT2D eigenvalue weighted by atomic mass is 9.86. The highest BCUT2D eigenvalue weighted by molar-refractivity contribution is 7.21. The predicted molar refractivity (Wildman–Crippen MR) is 165 cm³/mol. The second-order valence-electron chi connectivity index (χ2n) is 10.6. The third-order valence-corrected chi connectivity index (χ3v) is 9.34. The van der Waals surface area contributed by atoms with Crippen molar-refractivity contribution in [2.75, 3.05) is 36.0 Å². The van der Waals surface area contributed by atoms with E-state index in [-0.39, 0.29) is 11.8 Å². The number of fused-ring (bicyclic) bond motifs is 2. The lowest BCUT2D eigenvalue weighted by Crippen LogP contribution is -2.46. The summed E-state index contributed by atoms with van der Waals surface area (Å²) in [6.07, 6.45) is 6.30. The minimum atomic E-state index is -0.315. The second kappa shape index (κ2) is 11.1. The monoisotopic (exact) mass is 536 g/mol. The lowest BCUT2D eigenvalue weighted by molar-refractivity contribution is 0.100. The summed E-state index contributed by atoms with van der Waals surface area (Å²) in [5.74, 6) is -0.0784. The van der Waals surface area contributed by atoms with Crippen LogP contribution in [0.4, 0.5) is 11.4 Å². The highest BCUT2D eigenvalue weighted by atomic mass is 32.1. The molecule has 1 saturated heterocycles. The number of benzene rings is 3. The number of amides is 1. The van der Waals surface area contributed by atoms with Crippen LogP contribution >= 0.6 is 11.3 Å². The number of thiophene rings is 1. The SMILES string of the molecule is CCCCC(Cc1c[nH]c2ccccc12)c1c(C(N)=O)sc2cc(N3CCN(c4ccccc4)CC3)ccc12. The van der Waals surface area contributed by atoms with Gasteiger partial charge in [-0.25, -0.2) is 0 Å². The van der Waals surface area contributed by atoms with Gasteiger partial charge >= 0.3 is 0 Å². The first-order valence-electron chi connectivity index (χ1n) is 14.1. The number of unbranched alkanes of at least 4 members (excludes halogenated alkanes) is 1. The molecule has 3 aromatic carbocycles. The maximum Gasteiger partial charge on any atom is 0.259 e. The van der Waals surface area contributed by atoms with Gasteiger partial charge in [0.1, 0.15) is 0 Å². The molecule has 1 aliphatic heterocycles. The van der Waals surface area contributed by atoms with E-state index in [1.807, 2.05) is 0 Å². The largest absolute Gasteiger partial charge is 0.368 e. The summed E-state index contributed by atoms with van der Waals surface area (Å²) in [6, 6.07) is 25.9. The molecule has 1 atom stereocenters. The molecule has 5 aromatic rings. The van der Waals surface area contributed by atoms with E-state index in [4.69, 9.17) is 5.73 Å². The third-order valence-electron chi connectivity index (χ3n) is 8.16. The normalized spacial score (nSPS) is 14.8. The van der Waals surface area contributed by atoms with Gasteiger partial charge in [-0.1, -0.05) is 62.2 Å². The Kier molecular flexibility index (Phi) is 7.29. The van der Waals surface area contributed by atoms with Crippen molar-refractivity contribution >= 4 is 49.6 Å². The molecule has 0 aliphatic carbocycles. The average Bonchev–Trinajstić information content (AvgIpc) is 3.57. The number of piperazine rings is 1. The molecule has 0 radical (unpaired) electrons. The molecular formula is C33H36N4OS. The maximum absolute atomic E-state index is 12.8. The van der Waals surface area contributed by atoms with Crippen LogP contribution in [0.2, 0.25) is 0 Å². The zero-order chi connectivity index (χ0) is 26.8. The quantitative estimate of drug-likeness (QED) is 0.207. The van der Waals surface area contributed by atoms with Crippen LogP contribution in [0.25, 0.3) is 21.0 Å². The number of anilines is 2. The maximum atomic E-state index is 12.8. The number of nitrogens with two attached hydrogens (primary N) is 1. The van der Waals surface area contributed by atoms with E-state index in [0.29, 0.717) is 0 Å². The topological polar surface area (TPSA) is 65.4 Å². The summed E-state index contributed by atoms with van der Waals surface area (Å²) >= 11 is 1.57. The summed E-state index contributed by atoms with van der Waals surface area (Å²) in [5, 5.41) is 2.44. The average molecular weight is 537 g/mol. The smallest absolute Gasteiger partial charge is 0.259 e. The first-order chi connectivity index (χ1) is 19.1. The summed E-state index contributed by atoms with van der Waals surface area (Å²) in [4.78, 5) is 21.8. The molecule has 0 saturated carbocycles. The lowest BCUT2D eigenvalue weighted by Gasteiger charge is -2.37. The van der Waals surface area contributed by atoms with Gasteiger partial charge in [0.15, 0.2) is 0 Å². The molecule has 3 N–H and O–H groups in total. The Balaban J connectivity index is 1.31. The van der Waals surface area contributed by atoms with E-state index in [2.05, 4.69) is 101 Å². The molecule has 5 nitrogen and oxygen atoms in total. The molecule has 0 bridgehead atoms. The Bertz CT molecular complexity index is 1580. The van der Waals surface area contributed by atoms with E-state index in [1.165, 1.54) is 27.7 Å². The Morgan fingerprint density at radius 3 is 2.38 bits per heavy atom. The molecule has 6 heteroatoms. The van der Waals surface area contributed by atoms with Crippen molar-refractivity contribution in [3.05, 3.63) is 95.0 Å². The van der Waals surface area contributed by atoms with Crippen molar-refractivity contribution in [1.82, 2.24) is 4.98 Å². The standard InChI is InChI=1S/C33H36N4OS/c1-2-3-9-23(20-24-22-35-29-13-8-7-12-27(24)29)31-28-15-14-26(21-30(28)39-32(31)33(34)38)37-18-16-36(17-19-37)25-10-5-4-6-11-25/h4-8,10-15,21-23,35H,2-3,9,16-20H2,1H3,(H2,34,38). The fourth-order valence-corrected chi connectivity index (χ4v) is 7.29. The first-order valence-corrected chi connectivity index (χ1v) is 14.9. The number of nitrogens with zero attached hydrogens (tertiary/aromatic N) is 2. The number of rotatable bonds is 9. The summed E-state index contributed by atoms with van der Waals surface area (Å²) in [6.45, 7) is 6.16. The molecule has 6 rings (SSSR count). The Labute approximate surface area is 234 Å². The van der Waals surface area contributed by atoms with Crippen molar-refractivity contribution in [1.29, 1.82) is 0 Å². The van der Waals surface area contributed by atoms with Gasteiger partial charge in [-0.3, -0.25) is 4.79 Å². The summed E-state index contributed by atoms with van der Waals surface area (Å²) < 4.78 is 1.15. The molecule has 2 aromatic heterocycles. The fourth-order valence-electron chi connectivity index (χ4n) is 6.12. The Hall–Kier alpha value is -3.77. The number of carbonyl (C=O) groups is 1. The van der Waals surface area contributed by atoms with E-state index in [1.54, 1.807) is 11.3 Å². The zero-order valence-electron chi connectivity index (χ0n) is 22.5. The van der Waals surface area contributed by atoms with Crippen LogP contribution in [0, 0.1) is 0 Å². The summed E-state index contributed by atoms with van der Waals surface area (Å²) in [5.41, 5.74) is 12.1. The highest BCUT2D eigenvalue weighted by Crippen LogP contribution is 2.42. The van der Waals surface area contributed by atoms with Crippen LogP contribution < -0.4 is 15.5 Å². The number of nitrogens with one attached hydrogen (secondary N) is 1. The number of aromatic amines is 1. The van der Waals surface area contributed by atoms with Crippen LogP contribution in [0.5, 0.6) is 0 Å². The van der Waals surface area contributed by atoms with Crippen molar-refractivity contribution in [2.45, 2.75) is 38.5 Å². The molecule has 1 fully saturated rings. The van der Waals surface area contributed by atoms with Crippen molar-refractivity contribution in [2.24, 2.45) is 5.73 Å². The number of hydrogen-bond donors (Lipinski definition) is 2. The number of carbonyl (C=O) groups excluding carboxylic acids is 1. The number of aromatic nitrogens is 1. The van der Waals surface area contributed by atoms with Gasteiger partial charge in [-0.2, -0.15) is 0 Å². The number of para-hydroxylation sites is 2. The van der Waals surface area contributed by atoms with Crippen molar-refractivity contribution in [3.63, 3.8) is 0 Å². The van der Waals surface area contributed by atoms with E-state index in [0.717, 1.165) is 72.5 Å². The number of hydrogen-bond acceptors (Lipinski definition) is 4.